The first kappa shape index (κ1) is 23.5. The monoisotopic (exact) mass is 471 g/mol. The van der Waals surface area contributed by atoms with Crippen LogP contribution in [0.2, 0.25) is 0 Å². The van der Waals surface area contributed by atoms with Gasteiger partial charge < -0.3 is 10.0 Å². The third-order valence-electron chi connectivity index (χ3n) is 6.25. The molecule has 3 N–H and O–H groups in total. The van der Waals surface area contributed by atoms with Crippen LogP contribution in [0.15, 0.2) is 34.1 Å². The molecule has 1 heterocycles. The molecule has 170 valence electrons. The second kappa shape index (κ2) is 7.73. The van der Waals surface area contributed by atoms with E-state index in [1.807, 2.05) is 13.8 Å². The molecule has 3 rings (SSSR count). The number of carbonyl (C=O) groups is 1. The number of hydrogen-bond acceptors (Lipinski definition) is 6. The van der Waals surface area contributed by atoms with E-state index in [0.717, 1.165) is 18.9 Å². The minimum Gasteiger partial charge on any atom is -0.481 e. The van der Waals surface area contributed by atoms with E-state index in [-0.39, 0.29) is 10.8 Å². The standard InChI is InChI=1S/C20H25NO8S2/c1-4-5-6-16(19(22)23)20(2)11-12-7-8-14-15(18(12)21(20)3)9-13(30(24,25)26)10-17(14)31(27,28)29/h7-10,16H,4-6,11H2,1-3H3,(H,22,23)(H,24,25,26)(H,27,28,29). The third-order valence-corrected chi connectivity index (χ3v) is 7.97. The molecule has 1 aliphatic heterocycles. The predicted octanol–water partition coefficient (Wildman–Crippen LogP) is 2.98. The highest BCUT2D eigenvalue weighted by Crippen LogP contribution is 2.48. The Morgan fingerprint density at radius 2 is 1.77 bits per heavy atom. The molecule has 0 fully saturated rings. The Kier molecular flexibility index (Phi) is 5.85. The van der Waals surface area contributed by atoms with Crippen molar-refractivity contribution in [3.8, 4) is 0 Å². The Bertz CT molecular complexity index is 1270. The molecule has 1 aliphatic rings. The molecule has 31 heavy (non-hydrogen) atoms. The molecule has 9 nitrogen and oxygen atoms in total. The lowest BCUT2D eigenvalue weighted by molar-refractivity contribution is -0.144. The van der Waals surface area contributed by atoms with Gasteiger partial charge in [0.15, 0.2) is 0 Å². The van der Waals surface area contributed by atoms with Gasteiger partial charge in [-0.05, 0) is 37.5 Å². The first-order valence-electron chi connectivity index (χ1n) is 9.73. The summed E-state index contributed by atoms with van der Waals surface area (Å²) in [7, 11) is -7.90. The highest BCUT2D eigenvalue weighted by molar-refractivity contribution is 7.86. The van der Waals surface area contributed by atoms with Gasteiger partial charge in [0.25, 0.3) is 20.2 Å². The summed E-state index contributed by atoms with van der Waals surface area (Å²) in [5, 5.41) is 10.1. The van der Waals surface area contributed by atoms with Crippen LogP contribution in [-0.4, -0.2) is 49.6 Å². The molecule has 0 aliphatic carbocycles. The van der Waals surface area contributed by atoms with Gasteiger partial charge in [-0.25, -0.2) is 0 Å². The zero-order valence-electron chi connectivity index (χ0n) is 17.4. The third kappa shape index (κ3) is 4.02. The average molecular weight is 472 g/mol. The lowest BCUT2D eigenvalue weighted by Gasteiger charge is -2.39. The van der Waals surface area contributed by atoms with Gasteiger partial charge in [-0.1, -0.05) is 31.9 Å². The minimum atomic E-state index is -4.81. The number of anilines is 1. The van der Waals surface area contributed by atoms with E-state index in [1.165, 1.54) is 6.07 Å². The molecular formula is C20H25NO8S2. The average Bonchev–Trinajstić information content (AvgIpc) is 2.90. The number of nitrogens with zero attached hydrogens (tertiary/aromatic N) is 1. The number of aliphatic carboxylic acids is 1. The largest absolute Gasteiger partial charge is 0.481 e. The predicted molar refractivity (Wildman–Crippen MR) is 115 cm³/mol. The van der Waals surface area contributed by atoms with Crippen LogP contribution in [0.1, 0.15) is 38.7 Å². The van der Waals surface area contributed by atoms with Crippen molar-refractivity contribution < 1.29 is 35.8 Å². The van der Waals surface area contributed by atoms with Crippen LogP contribution in [-0.2, 0) is 31.5 Å². The molecule has 2 atom stereocenters. The van der Waals surface area contributed by atoms with Crippen LogP contribution < -0.4 is 4.90 Å². The van der Waals surface area contributed by atoms with E-state index in [4.69, 9.17) is 0 Å². The summed E-state index contributed by atoms with van der Waals surface area (Å²) in [4.78, 5) is 12.5. The highest BCUT2D eigenvalue weighted by atomic mass is 32.2. The summed E-state index contributed by atoms with van der Waals surface area (Å²) >= 11 is 0. The highest BCUT2D eigenvalue weighted by Gasteiger charge is 2.47. The van der Waals surface area contributed by atoms with E-state index in [1.54, 1.807) is 18.0 Å². The maximum atomic E-state index is 12.1. The Balaban J connectivity index is 2.31. The molecule has 0 spiro atoms. The first-order chi connectivity index (χ1) is 14.2. The van der Waals surface area contributed by atoms with Crippen LogP contribution >= 0.6 is 0 Å². The molecule has 2 unspecified atom stereocenters. The maximum Gasteiger partial charge on any atom is 0.308 e. The molecule has 0 aromatic heterocycles. The number of hydrogen-bond donors (Lipinski definition) is 3. The van der Waals surface area contributed by atoms with Crippen molar-refractivity contribution in [2.75, 3.05) is 11.9 Å². The Morgan fingerprint density at radius 3 is 2.29 bits per heavy atom. The quantitative estimate of drug-likeness (QED) is 0.518. The van der Waals surface area contributed by atoms with Gasteiger partial charge in [-0.15, -0.1) is 0 Å². The number of likely N-dealkylation sites (N-methyl/N-ethyl adjacent to an activating group) is 1. The van der Waals surface area contributed by atoms with E-state index in [0.29, 0.717) is 30.2 Å². The smallest absolute Gasteiger partial charge is 0.308 e. The van der Waals surface area contributed by atoms with Crippen LogP contribution in [0.3, 0.4) is 0 Å². The molecule has 11 heteroatoms. The number of unbranched alkanes of at least 4 members (excludes halogenated alkanes) is 1. The van der Waals surface area contributed by atoms with Gasteiger partial charge in [-0.3, -0.25) is 13.9 Å². The summed E-state index contributed by atoms with van der Waals surface area (Å²) in [5.74, 6) is -1.66. The lowest BCUT2D eigenvalue weighted by atomic mass is 9.79. The van der Waals surface area contributed by atoms with Gasteiger partial charge >= 0.3 is 5.97 Å². The van der Waals surface area contributed by atoms with Crippen LogP contribution in [0, 0.1) is 5.92 Å². The number of fused-ring (bicyclic) bond motifs is 3. The summed E-state index contributed by atoms with van der Waals surface area (Å²) in [6.07, 6.45) is 2.35. The van der Waals surface area contributed by atoms with E-state index in [9.17, 15) is 35.8 Å². The molecule has 2 aromatic rings. The van der Waals surface area contributed by atoms with Gasteiger partial charge in [0, 0.05) is 23.5 Å². The van der Waals surface area contributed by atoms with Crippen molar-refractivity contribution in [1.82, 2.24) is 0 Å². The Morgan fingerprint density at radius 1 is 1.13 bits per heavy atom. The Hall–Kier alpha value is -2.21. The van der Waals surface area contributed by atoms with Gasteiger partial charge in [0.05, 0.1) is 16.4 Å². The van der Waals surface area contributed by atoms with Gasteiger partial charge in [-0.2, -0.15) is 16.8 Å². The molecular weight excluding hydrogens is 446 g/mol. The van der Waals surface area contributed by atoms with Crippen LogP contribution in [0.4, 0.5) is 5.69 Å². The van der Waals surface area contributed by atoms with Crippen molar-refractivity contribution in [3.05, 3.63) is 29.8 Å². The fourth-order valence-electron chi connectivity index (χ4n) is 4.53. The van der Waals surface area contributed by atoms with Crippen LogP contribution in [0.25, 0.3) is 10.8 Å². The first-order valence-corrected chi connectivity index (χ1v) is 12.6. The van der Waals surface area contributed by atoms with Crippen molar-refractivity contribution in [3.63, 3.8) is 0 Å². The second-order valence-electron chi connectivity index (χ2n) is 8.17. The van der Waals surface area contributed by atoms with E-state index < -0.39 is 47.5 Å². The van der Waals surface area contributed by atoms with E-state index >= 15 is 0 Å². The number of benzene rings is 2. The molecule has 0 bridgehead atoms. The fraction of sp³-hybridized carbons (Fsp3) is 0.450. The molecule has 0 amide bonds. The molecule has 0 saturated heterocycles. The zero-order valence-corrected chi connectivity index (χ0v) is 19.0. The number of rotatable bonds is 7. The maximum absolute atomic E-state index is 12.1. The normalized spacial score (nSPS) is 20.1. The summed E-state index contributed by atoms with van der Waals surface area (Å²) < 4.78 is 66.6. The SMILES string of the molecule is CCCCC(C(=O)O)C1(C)Cc2ccc3c(S(=O)(=O)O)cc(S(=O)(=O)O)cc3c2N1C. The van der Waals surface area contributed by atoms with Crippen molar-refractivity contribution in [2.24, 2.45) is 5.92 Å². The van der Waals surface area contributed by atoms with E-state index in [2.05, 4.69) is 0 Å². The number of carboxylic acid groups (broad SMARTS) is 1. The van der Waals surface area contributed by atoms with Crippen molar-refractivity contribution in [2.45, 2.75) is 54.9 Å². The summed E-state index contributed by atoms with van der Waals surface area (Å²) in [6, 6.07) is 4.95. The minimum absolute atomic E-state index is 0.0742. The van der Waals surface area contributed by atoms with Gasteiger partial charge in [0.1, 0.15) is 4.90 Å². The second-order valence-corrected chi connectivity index (χ2v) is 11.0. The van der Waals surface area contributed by atoms with Gasteiger partial charge in [0.2, 0.25) is 0 Å². The Labute approximate surface area is 181 Å². The van der Waals surface area contributed by atoms with Crippen molar-refractivity contribution >= 4 is 42.7 Å². The fourth-order valence-corrected chi connectivity index (χ4v) is 5.87. The lowest BCUT2D eigenvalue weighted by Crippen LogP contribution is -2.51. The summed E-state index contributed by atoms with van der Waals surface area (Å²) in [5.41, 5.74) is 0.344. The zero-order chi connectivity index (χ0) is 23.4. The number of carboxylic acids is 1. The topological polar surface area (TPSA) is 149 Å². The molecule has 2 aromatic carbocycles. The summed E-state index contributed by atoms with van der Waals surface area (Å²) in [6.45, 7) is 3.78. The van der Waals surface area contributed by atoms with Crippen LogP contribution in [0.5, 0.6) is 0 Å². The molecule has 0 saturated carbocycles. The molecule has 0 radical (unpaired) electrons. The van der Waals surface area contributed by atoms with Crippen molar-refractivity contribution in [1.29, 1.82) is 0 Å².